The Bertz CT molecular complexity index is 298. The first-order valence-electron chi connectivity index (χ1n) is 7.12. The lowest BCUT2D eigenvalue weighted by molar-refractivity contribution is -0.142. The summed E-state index contributed by atoms with van der Waals surface area (Å²) in [5, 5.41) is 11.6. The zero-order chi connectivity index (χ0) is 14.3. The number of carboxylic acid groups (broad SMARTS) is 1. The maximum atomic E-state index is 11.8. The number of nitrogens with one attached hydrogen (secondary N) is 1. The molecule has 0 aromatic heterocycles. The van der Waals surface area contributed by atoms with E-state index in [1.807, 2.05) is 13.8 Å². The van der Waals surface area contributed by atoms with Crippen LogP contribution in [0.3, 0.4) is 0 Å². The molecule has 1 aliphatic heterocycles. The molecule has 0 spiro atoms. The molecule has 5 heteroatoms. The zero-order valence-electron chi connectivity index (χ0n) is 11.9. The molecule has 1 fully saturated rings. The molecule has 110 valence electrons. The molecule has 0 radical (unpaired) electrons. The molecule has 0 aliphatic carbocycles. The average Bonchev–Trinajstić information content (AvgIpc) is 2.36. The summed E-state index contributed by atoms with van der Waals surface area (Å²) in [6.07, 6.45) is 4.89. The lowest BCUT2D eigenvalue weighted by atomic mass is 10.0. The number of amides is 1. The maximum absolute atomic E-state index is 11.8. The monoisotopic (exact) mass is 271 g/mol. The molecule has 1 rings (SSSR count). The Morgan fingerprint density at radius 2 is 2.11 bits per heavy atom. The number of carboxylic acids is 1. The number of carbonyl (C=O) groups excluding carboxylic acids is 1. The fourth-order valence-corrected chi connectivity index (χ4v) is 2.29. The highest BCUT2D eigenvalue weighted by atomic mass is 16.5. The molecule has 1 saturated heterocycles. The summed E-state index contributed by atoms with van der Waals surface area (Å²) in [7, 11) is 0. The van der Waals surface area contributed by atoms with Crippen LogP contribution in [-0.4, -0.2) is 35.7 Å². The van der Waals surface area contributed by atoms with Gasteiger partial charge in [-0.25, -0.2) is 4.79 Å². The highest BCUT2D eigenvalue weighted by Gasteiger charge is 2.22. The van der Waals surface area contributed by atoms with Crippen molar-refractivity contribution in [3.8, 4) is 0 Å². The third-order valence-corrected chi connectivity index (χ3v) is 3.31. The number of ether oxygens (including phenoxy) is 1. The van der Waals surface area contributed by atoms with E-state index in [0.29, 0.717) is 19.3 Å². The van der Waals surface area contributed by atoms with Crippen LogP contribution in [0.1, 0.15) is 52.4 Å². The quantitative estimate of drug-likeness (QED) is 0.742. The smallest absolute Gasteiger partial charge is 0.326 e. The Balaban J connectivity index is 2.29. The Kier molecular flexibility index (Phi) is 6.84. The van der Waals surface area contributed by atoms with Crippen molar-refractivity contribution < 1.29 is 19.4 Å². The van der Waals surface area contributed by atoms with Crippen LogP contribution in [0, 0.1) is 5.92 Å². The van der Waals surface area contributed by atoms with Crippen LogP contribution in [0.2, 0.25) is 0 Å². The number of carbonyl (C=O) groups is 2. The lowest BCUT2D eigenvalue weighted by Crippen LogP contribution is -2.41. The van der Waals surface area contributed by atoms with E-state index in [4.69, 9.17) is 9.84 Å². The molecule has 5 nitrogen and oxygen atoms in total. The van der Waals surface area contributed by atoms with E-state index in [0.717, 1.165) is 25.9 Å². The van der Waals surface area contributed by atoms with Crippen LogP contribution in [0.25, 0.3) is 0 Å². The van der Waals surface area contributed by atoms with Gasteiger partial charge in [0.1, 0.15) is 6.04 Å². The Hall–Kier alpha value is -1.10. The van der Waals surface area contributed by atoms with E-state index in [1.165, 1.54) is 0 Å². The largest absolute Gasteiger partial charge is 0.480 e. The summed E-state index contributed by atoms with van der Waals surface area (Å²) in [6.45, 7) is 4.66. The van der Waals surface area contributed by atoms with Crippen LogP contribution in [0.15, 0.2) is 0 Å². The minimum atomic E-state index is -0.962. The van der Waals surface area contributed by atoms with Gasteiger partial charge in [0.15, 0.2) is 0 Å². The molecule has 2 N–H and O–H groups in total. The SMILES string of the molecule is CC(C)C[C@H](NC(=O)CCC1CCCCO1)C(=O)O. The van der Waals surface area contributed by atoms with E-state index in [1.54, 1.807) is 0 Å². The van der Waals surface area contributed by atoms with Crippen LogP contribution in [0.4, 0.5) is 0 Å². The van der Waals surface area contributed by atoms with Crippen molar-refractivity contribution in [2.45, 2.75) is 64.5 Å². The second-order valence-electron chi connectivity index (χ2n) is 5.62. The van der Waals surface area contributed by atoms with Crippen molar-refractivity contribution in [1.82, 2.24) is 5.32 Å². The van der Waals surface area contributed by atoms with Crippen LogP contribution in [-0.2, 0) is 14.3 Å². The molecular formula is C14H25NO4. The summed E-state index contributed by atoms with van der Waals surface area (Å²) in [4.78, 5) is 22.8. The zero-order valence-corrected chi connectivity index (χ0v) is 11.9. The third-order valence-electron chi connectivity index (χ3n) is 3.31. The second kappa shape index (κ2) is 8.15. The molecule has 1 aliphatic rings. The minimum absolute atomic E-state index is 0.160. The molecular weight excluding hydrogens is 246 g/mol. The van der Waals surface area contributed by atoms with Crippen molar-refractivity contribution in [1.29, 1.82) is 0 Å². The fourth-order valence-electron chi connectivity index (χ4n) is 2.29. The van der Waals surface area contributed by atoms with E-state index >= 15 is 0 Å². The second-order valence-corrected chi connectivity index (χ2v) is 5.62. The van der Waals surface area contributed by atoms with Gasteiger partial charge in [-0.2, -0.15) is 0 Å². The summed E-state index contributed by atoms with van der Waals surface area (Å²) >= 11 is 0. The Morgan fingerprint density at radius 1 is 1.37 bits per heavy atom. The topological polar surface area (TPSA) is 75.6 Å². The first kappa shape index (κ1) is 16.0. The van der Waals surface area contributed by atoms with Crippen molar-refractivity contribution >= 4 is 11.9 Å². The van der Waals surface area contributed by atoms with Gasteiger partial charge in [-0.3, -0.25) is 4.79 Å². The lowest BCUT2D eigenvalue weighted by Gasteiger charge is -2.22. The Morgan fingerprint density at radius 3 is 2.63 bits per heavy atom. The average molecular weight is 271 g/mol. The molecule has 0 aromatic rings. The minimum Gasteiger partial charge on any atom is -0.480 e. The number of aliphatic carboxylic acids is 1. The predicted octanol–water partition coefficient (Wildman–Crippen LogP) is 1.95. The van der Waals surface area contributed by atoms with Crippen molar-refractivity contribution in [3.05, 3.63) is 0 Å². The molecule has 0 aromatic carbocycles. The standard InChI is InChI=1S/C14H25NO4/c1-10(2)9-12(14(17)18)15-13(16)7-6-11-5-3-4-8-19-11/h10-12H,3-9H2,1-2H3,(H,15,16)(H,17,18)/t11?,12-/m0/s1. The molecule has 1 heterocycles. The molecule has 1 unspecified atom stereocenters. The van der Waals surface area contributed by atoms with E-state index in [9.17, 15) is 9.59 Å². The van der Waals surface area contributed by atoms with Gasteiger partial charge in [0, 0.05) is 13.0 Å². The highest BCUT2D eigenvalue weighted by Crippen LogP contribution is 2.17. The van der Waals surface area contributed by atoms with Crippen LogP contribution >= 0.6 is 0 Å². The molecule has 0 saturated carbocycles. The summed E-state index contributed by atoms with van der Waals surface area (Å²) in [6, 6.07) is -0.778. The van der Waals surface area contributed by atoms with E-state index < -0.39 is 12.0 Å². The summed E-state index contributed by atoms with van der Waals surface area (Å²) in [5.74, 6) is -0.915. The molecule has 2 atom stereocenters. The Labute approximate surface area is 114 Å². The normalized spacial score (nSPS) is 21.1. The van der Waals surface area contributed by atoms with Gasteiger partial charge in [-0.15, -0.1) is 0 Å². The van der Waals surface area contributed by atoms with Gasteiger partial charge >= 0.3 is 5.97 Å². The van der Waals surface area contributed by atoms with Crippen molar-refractivity contribution in [2.75, 3.05) is 6.61 Å². The van der Waals surface area contributed by atoms with Gasteiger partial charge in [0.2, 0.25) is 5.91 Å². The fraction of sp³-hybridized carbons (Fsp3) is 0.857. The van der Waals surface area contributed by atoms with Crippen molar-refractivity contribution in [2.24, 2.45) is 5.92 Å². The third kappa shape index (κ3) is 6.57. The maximum Gasteiger partial charge on any atom is 0.326 e. The van der Waals surface area contributed by atoms with E-state index in [2.05, 4.69) is 5.32 Å². The predicted molar refractivity (Wildman–Crippen MR) is 71.8 cm³/mol. The number of hydrogen-bond donors (Lipinski definition) is 2. The van der Waals surface area contributed by atoms with Crippen molar-refractivity contribution in [3.63, 3.8) is 0 Å². The number of hydrogen-bond acceptors (Lipinski definition) is 3. The van der Waals surface area contributed by atoms with Gasteiger partial charge in [0.05, 0.1) is 6.10 Å². The van der Waals surface area contributed by atoms with Gasteiger partial charge < -0.3 is 15.2 Å². The van der Waals surface area contributed by atoms with Crippen LogP contribution < -0.4 is 5.32 Å². The van der Waals surface area contributed by atoms with Crippen LogP contribution in [0.5, 0.6) is 0 Å². The summed E-state index contributed by atoms with van der Waals surface area (Å²) < 4.78 is 5.55. The van der Waals surface area contributed by atoms with Gasteiger partial charge in [0.25, 0.3) is 0 Å². The van der Waals surface area contributed by atoms with E-state index in [-0.39, 0.29) is 17.9 Å². The van der Waals surface area contributed by atoms with Gasteiger partial charge in [-0.05, 0) is 38.0 Å². The highest BCUT2D eigenvalue weighted by molar-refractivity contribution is 5.83. The molecule has 19 heavy (non-hydrogen) atoms. The first-order chi connectivity index (χ1) is 8.99. The van der Waals surface area contributed by atoms with Gasteiger partial charge in [-0.1, -0.05) is 13.8 Å². The number of rotatable bonds is 7. The summed E-state index contributed by atoms with van der Waals surface area (Å²) in [5.41, 5.74) is 0. The molecule has 1 amide bonds. The molecule has 0 bridgehead atoms. The first-order valence-corrected chi connectivity index (χ1v) is 7.12.